The van der Waals surface area contributed by atoms with Crippen molar-refractivity contribution in [3.63, 3.8) is 0 Å². The summed E-state index contributed by atoms with van der Waals surface area (Å²) in [5, 5.41) is 0. The predicted molar refractivity (Wildman–Crippen MR) is 155 cm³/mol. The van der Waals surface area contributed by atoms with Gasteiger partial charge in [0.15, 0.2) is 23.1 Å². The Kier molecular flexibility index (Phi) is 7.45. The smallest absolute Gasteiger partial charge is 0.202 e. The van der Waals surface area contributed by atoms with E-state index in [2.05, 4.69) is 0 Å². The number of carbonyl (C=O) groups is 2. The Balaban J connectivity index is 1.09. The minimum atomic E-state index is -0.452. The number of carbonyl (C=O) groups excluding carboxylic acids is 2. The van der Waals surface area contributed by atoms with Gasteiger partial charge in [-0.25, -0.2) is 0 Å². The molecule has 0 N–H and O–H groups in total. The van der Waals surface area contributed by atoms with E-state index in [4.69, 9.17) is 37.9 Å². The molecule has 0 aromatic heterocycles. The molecular weight excluding hydrogens is 568 g/mol. The first kappa shape index (κ1) is 28.0. The molecule has 0 saturated carbocycles. The topological polar surface area (TPSA) is 108 Å². The second-order valence-electron chi connectivity index (χ2n) is 10.5. The maximum atomic E-state index is 13.3. The van der Waals surface area contributed by atoms with Crippen LogP contribution in [0.2, 0.25) is 0 Å². The van der Waals surface area contributed by atoms with E-state index in [9.17, 15) is 9.59 Å². The molecule has 3 aromatic rings. The van der Waals surface area contributed by atoms with Crippen LogP contribution in [0, 0.1) is 0 Å². The maximum Gasteiger partial charge on any atom is 0.202 e. The Bertz CT molecular complexity index is 1550. The zero-order valence-electron chi connectivity index (χ0n) is 24.1. The number of hydrogen-bond donors (Lipinski definition) is 0. The van der Waals surface area contributed by atoms with Crippen molar-refractivity contribution in [2.45, 2.75) is 51.5 Å². The number of rotatable bonds is 8. The van der Waals surface area contributed by atoms with Gasteiger partial charge in [0.1, 0.15) is 35.2 Å². The number of ether oxygens (including phenoxy) is 8. The molecule has 0 bridgehead atoms. The van der Waals surface area contributed by atoms with Crippen LogP contribution in [0.1, 0.15) is 47.4 Å². The number of Topliss-reactive ketones (excluding diaryl/α,β-unsaturated/α-hetero) is 2. The van der Waals surface area contributed by atoms with E-state index in [1.807, 2.05) is 26.0 Å². The molecule has 4 atom stereocenters. The molecule has 0 amide bonds. The largest absolute Gasteiger partial charge is 0.484 e. The van der Waals surface area contributed by atoms with Gasteiger partial charge in [-0.2, -0.15) is 0 Å². The first-order valence-corrected chi connectivity index (χ1v) is 14.6. The average molecular weight is 599 g/mol. The van der Waals surface area contributed by atoms with E-state index in [1.165, 1.54) is 12.5 Å². The predicted octanol–water partition coefficient (Wildman–Crippen LogP) is 6.49. The lowest BCUT2D eigenvalue weighted by Crippen LogP contribution is -2.38. The number of ketones is 2. The van der Waals surface area contributed by atoms with Crippen molar-refractivity contribution >= 4 is 11.6 Å². The van der Waals surface area contributed by atoms with Crippen molar-refractivity contribution in [2.75, 3.05) is 13.2 Å². The highest BCUT2D eigenvalue weighted by Crippen LogP contribution is 2.42. The van der Waals surface area contributed by atoms with Gasteiger partial charge in [0.2, 0.25) is 12.6 Å². The molecule has 0 fully saturated rings. The van der Waals surface area contributed by atoms with Crippen LogP contribution in [-0.4, -0.2) is 49.6 Å². The normalized spacial score (nSPS) is 23.1. The van der Waals surface area contributed by atoms with Gasteiger partial charge in [-0.3, -0.25) is 9.59 Å². The van der Waals surface area contributed by atoms with Crippen LogP contribution in [0.3, 0.4) is 0 Å². The van der Waals surface area contributed by atoms with E-state index in [0.29, 0.717) is 82.8 Å². The van der Waals surface area contributed by atoms with Crippen LogP contribution >= 0.6 is 0 Å². The number of fused-ring (bicyclic) bond motifs is 4. The van der Waals surface area contributed by atoms with E-state index in [1.54, 1.807) is 48.5 Å². The third-order valence-corrected chi connectivity index (χ3v) is 7.66. The summed E-state index contributed by atoms with van der Waals surface area (Å²) in [5.41, 5.74) is 1.64. The van der Waals surface area contributed by atoms with Crippen LogP contribution in [0.15, 0.2) is 84.3 Å². The summed E-state index contributed by atoms with van der Waals surface area (Å²) in [6.45, 7) is 4.77. The zero-order chi connectivity index (χ0) is 30.2. The molecular formula is C34H30O10. The summed E-state index contributed by atoms with van der Waals surface area (Å²) in [4.78, 5) is 26.6. The quantitative estimate of drug-likeness (QED) is 0.285. The van der Waals surface area contributed by atoms with Gasteiger partial charge >= 0.3 is 0 Å². The lowest BCUT2D eigenvalue weighted by atomic mass is 9.93. The zero-order valence-corrected chi connectivity index (χ0v) is 24.1. The second kappa shape index (κ2) is 11.7. The Morgan fingerprint density at radius 3 is 1.55 bits per heavy atom. The lowest BCUT2D eigenvalue weighted by molar-refractivity contribution is -0.127. The van der Waals surface area contributed by atoms with Crippen molar-refractivity contribution < 1.29 is 47.5 Å². The SMILES string of the molecule is CCO[C@@H]1CC2Oc3ccc(Oc4ccccc4Oc4ccc5c(c4)C(=O)C4=CO[C@@H](OCC)CC4O5)cc3C(=O)C2=CO1. The van der Waals surface area contributed by atoms with Gasteiger partial charge in [0, 0.05) is 13.2 Å². The summed E-state index contributed by atoms with van der Waals surface area (Å²) >= 11 is 0. The molecule has 4 heterocycles. The van der Waals surface area contributed by atoms with Gasteiger partial charge in [-0.1, -0.05) is 12.1 Å². The Morgan fingerprint density at radius 2 is 1.11 bits per heavy atom. The van der Waals surface area contributed by atoms with E-state index < -0.39 is 24.8 Å². The van der Waals surface area contributed by atoms with Crippen molar-refractivity contribution in [3.05, 3.63) is 95.5 Å². The van der Waals surface area contributed by atoms with Crippen molar-refractivity contribution in [1.82, 2.24) is 0 Å². The molecule has 0 saturated heterocycles. The molecule has 0 aliphatic carbocycles. The summed E-state index contributed by atoms with van der Waals surface area (Å²) in [7, 11) is 0. The first-order valence-electron chi connectivity index (χ1n) is 14.6. The van der Waals surface area contributed by atoms with Gasteiger partial charge in [0.05, 0.1) is 47.6 Å². The van der Waals surface area contributed by atoms with Crippen LogP contribution in [-0.2, 0) is 18.9 Å². The monoisotopic (exact) mass is 598 g/mol. The van der Waals surface area contributed by atoms with Crippen LogP contribution < -0.4 is 18.9 Å². The lowest BCUT2D eigenvalue weighted by Gasteiger charge is -2.33. The van der Waals surface area contributed by atoms with Crippen molar-refractivity contribution in [1.29, 1.82) is 0 Å². The highest BCUT2D eigenvalue weighted by molar-refractivity contribution is 6.13. The minimum Gasteiger partial charge on any atom is -0.484 e. The van der Waals surface area contributed by atoms with Gasteiger partial charge in [-0.05, 0) is 62.4 Å². The van der Waals surface area contributed by atoms with Crippen molar-refractivity contribution in [2.24, 2.45) is 0 Å². The Morgan fingerprint density at radius 1 is 0.659 bits per heavy atom. The fourth-order valence-electron chi connectivity index (χ4n) is 5.57. The summed E-state index contributed by atoms with van der Waals surface area (Å²) in [5.74, 6) is 2.26. The second-order valence-corrected chi connectivity index (χ2v) is 10.5. The number of para-hydroxylation sites is 2. The molecule has 0 radical (unpaired) electrons. The molecule has 4 aliphatic rings. The molecule has 44 heavy (non-hydrogen) atoms. The standard InChI is InChI=1S/C34H30O10/c1-3-37-31-15-29-23(17-39-31)33(35)21-13-19(9-11-25(21)43-29)41-27-7-5-6-8-28(27)42-20-10-12-26-22(14-20)34(36)24-18-40-32(38-4-2)16-30(24)44-26/h5-14,17-18,29-32H,3-4,15-16H2,1-2H3/t29?,30?,31-,32+. The molecule has 226 valence electrons. The summed E-state index contributed by atoms with van der Waals surface area (Å²) in [6, 6.07) is 17.3. The molecule has 4 aliphatic heterocycles. The van der Waals surface area contributed by atoms with Gasteiger partial charge in [-0.15, -0.1) is 0 Å². The molecule has 10 nitrogen and oxygen atoms in total. The minimum absolute atomic E-state index is 0.184. The van der Waals surface area contributed by atoms with Crippen molar-refractivity contribution in [3.8, 4) is 34.5 Å². The Labute approximate surface area is 253 Å². The molecule has 3 aromatic carbocycles. The maximum absolute atomic E-state index is 13.3. The molecule has 10 heteroatoms. The van der Waals surface area contributed by atoms with E-state index >= 15 is 0 Å². The third kappa shape index (κ3) is 5.27. The highest BCUT2D eigenvalue weighted by Gasteiger charge is 2.39. The van der Waals surface area contributed by atoms with Crippen LogP contribution in [0.5, 0.6) is 34.5 Å². The molecule has 0 spiro atoms. The Hall–Kier alpha value is -4.80. The van der Waals surface area contributed by atoms with E-state index in [0.717, 1.165) is 0 Å². The summed E-state index contributed by atoms with van der Waals surface area (Å²) < 4.78 is 46.8. The van der Waals surface area contributed by atoms with Gasteiger partial charge in [0.25, 0.3) is 0 Å². The van der Waals surface area contributed by atoms with E-state index in [-0.39, 0.29) is 11.6 Å². The van der Waals surface area contributed by atoms with Gasteiger partial charge < -0.3 is 37.9 Å². The highest BCUT2D eigenvalue weighted by atomic mass is 16.7. The number of benzene rings is 3. The molecule has 7 rings (SSSR count). The fraction of sp³-hybridized carbons (Fsp3) is 0.294. The molecule has 2 unspecified atom stereocenters. The third-order valence-electron chi connectivity index (χ3n) is 7.66. The average Bonchev–Trinajstić information content (AvgIpc) is 3.03. The number of hydrogen-bond acceptors (Lipinski definition) is 10. The summed E-state index contributed by atoms with van der Waals surface area (Å²) in [6.07, 6.45) is 1.94. The van der Waals surface area contributed by atoms with Crippen LogP contribution in [0.25, 0.3) is 0 Å². The first-order chi connectivity index (χ1) is 21.5. The fourth-order valence-corrected chi connectivity index (χ4v) is 5.57. The van der Waals surface area contributed by atoms with Crippen LogP contribution in [0.4, 0.5) is 0 Å².